The molecule has 0 aromatic heterocycles. The Balaban J connectivity index is 0.00000484. The van der Waals surface area contributed by atoms with Crippen molar-refractivity contribution in [1.29, 1.82) is 0 Å². The summed E-state index contributed by atoms with van der Waals surface area (Å²) in [6, 6.07) is 0.394. The van der Waals surface area contributed by atoms with Crippen LogP contribution in [0.1, 0.15) is 59.3 Å². The third kappa shape index (κ3) is 8.22. The molecule has 1 aliphatic heterocycles. The Morgan fingerprint density at radius 2 is 2.09 bits per heavy atom. The number of aliphatic imine (C=N–C) groups is 1. The zero-order valence-corrected chi connectivity index (χ0v) is 17.6. The van der Waals surface area contributed by atoms with Gasteiger partial charge in [0.15, 0.2) is 5.96 Å². The molecule has 0 bridgehead atoms. The van der Waals surface area contributed by atoms with Gasteiger partial charge in [0, 0.05) is 39.1 Å². The number of carbonyl (C=O) groups excluding carboxylic acids is 1. The van der Waals surface area contributed by atoms with E-state index in [0.29, 0.717) is 19.0 Å². The van der Waals surface area contributed by atoms with Crippen LogP contribution in [-0.2, 0) is 4.79 Å². The average molecular weight is 438 g/mol. The van der Waals surface area contributed by atoms with E-state index in [1.807, 2.05) is 4.90 Å². The van der Waals surface area contributed by atoms with E-state index in [-0.39, 0.29) is 29.9 Å². The number of likely N-dealkylation sites (tertiary alicyclic amines) is 1. The summed E-state index contributed by atoms with van der Waals surface area (Å²) in [7, 11) is 2.06. The molecule has 1 amide bonds. The van der Waals surface area contributed by atoms with Gasteiger partial charge in [-0.25, -0.2) is 0 Å². The fourth-order valence-electron chi connectivity index (χ4n) is 2.84. The van der Waals surface area contributed by atoms with Crippen LogP contribution in [0.25, 0.3) is 0 Å². The van der Waals surface area contributed by atoms with Crippen LogP contribution in [0.4, 0.5) is 0 Å². The lowest BCUT2D eigenvalue weighted by atomic mass is 10.0. The first-order valence-electron chi connectivity index (χ1n) is 8.89. The lowest BCUT2D eigenvalue weighted by Gasteiger charge is -2.33. The van der Waals surface area contributed by atoms with Gasteiger partial charge in [-0.3, -0.25) is 9.79 Å². The third-order valence-electron chi connectivity index (χ3n) is 4.25. The number of nitrogens with zero attached hydrogens (tertiary/aromatic N) is 3. The summed E-state index contributed by atoms with van der Waals surface area (Å²) in [5.74, 6) is 1.17. The van der Waals surface area contributed by atoms with Gasteiger partial charge < -0.3 is 15.1 Å². The molecule has 1 saturated heterocycles. The van der Waals surface area contributed by atoms with Crippen LogP contribution in [0.15, 0.2) is 4.99 Å². The molecule has 1 heterocycles. The number of rotatable bonds is 7. The first-order valence-corrected chi connectivity index (χ1v) is 8.89. The van der Waals surface area contributed by atoms with Crippen LogP contribution < -0.4 is 5.32 Å². The standard InChI is InChI=1S/C17H34N4O.HI/c1-5-7-13-20(4)17(18-6-2)19-12-11-16(22)21-14-9-8-10-15(21)3;/h15H,5-14H2,1-4H3,(H,18,19);1H. The molecule has 1 unspecified atom stereocenters. The Morgan fingerprint density at radius 3 is 2.70 bits per heavy atom. The van der Waals surface area contributed by atoms with Gasteiger partial charge in [-0.1, -0.05) is 13.3 Å². The number of guanidine groups is 1. The fraction of sp³-hybridized carbons (Fsp3) is 0.882. The zero-order chi connectivity index (χ0) is 16.4. The van der Waals surface area contributed by atoms with Gasteiger partial charge in [0.25, 0.3) is 0 Å². The lowest BCUT2D eigenvalue weighted by molar-refractivity contribution is -0.134. The van der Waals surface area contributed by atoms with Crippen molar-refractivity contribution < 1.29 is 4.79 Å². The number of hydrogen-bond donors (Lipinski definition) is 1. The Bertz CT molecular complexity index is 363. The van der Waals surface area contributed by atoms with Crippen LogP contribution in [0.2, 0.25) is 0 Å². The Hall–Kier alpha value is -0.530. The van der Waals surface area contributed by atoms with Crippen molar-refractivity contribution in [3.05, 3.63) is 0 Å². The monoisotopic (exact) mass is 438 g/mol. The van der Waals surface area contributed by atoms with Crippen LogP contribution in [0.3, 0.4) is 0 Å². The molecule has 0 saturated carbocycles. The van der Waals surface area contributed by atoms with Gasteiger partial charge in [-0.05, 0) is 39.5 Å². The molecule has 1 fully saturated rings. The largest absolute Gasteiger partial charge is 0.357 e. The predicted octanol–water partition coefficient (Wildman–Crippen LogP) is 3.09. The lowest BCUT2D eigenvalue weighted by Crippen LogP contribution is -2.42. The Labute approximate surface area is 159 Å². The van der Waals surface area contributed by atoms with E-state index >= 15 is 0 Å². The number of unbranched alkanes of at least 4 members (excludes halogenated alkanes) is 1. The number of carbonyl (C=O) groups is 1. The highest BCUT2D eigenvalue weighted by molar-refractivity contribution is 14.0. The maximum atomic E-state index is 12.3. The number of piperidine rings is 1. The highest BCUT2D eigenvalue weighted by Crippen LogP contribution is 2.17. The molecule has 1 N–H and O–H groups in total. The van der Waals surface area contributed by atoms with Gasteiger partial charge in [0.1, 0.15) is 0 Å². The summed E-state index contributed by atoms with van der Waals surface area (Å²) >= 11 is 0. The molecular weight excluding hydrogens is 403 g/mol. The maximum Gasteiger partial charge on any atom is 0.224 e. The maximum absolute atomic E-state index is 12.3. The molecule has 0 aromatic rings. The fourth-order valence-corrected chi connectivity index (χ4v) is 2.84. The molecule has 6 heteroatoms. The van der Waals surface area contributed by atoms with Crippen molar-refractivity contribution >= 4 is 35.8 Å². The summed E-state index contributed by atoms with van der Waals surface area (Å²) in [5, 5.41) is 3.30. The normalized spacial score (nSPS) is 18.3. The minimum atomic E-state index is 0. The van der Waals surface area contributed by atoms with Gasteiger partial charge in [0.05, 0.1) is 6.54 Å². The van der Waals surface area contributed by atoms with E-state index in [9.17, 15) is 4.79 Å². The molecule has 5 nitrogen and oxygen atoms in total. The van der Waals surface area contributed by atoms with Crippen LogP contribution in [0, 0.1) is 0 Å². The van der Waals surface area contributed by atoms with E-state index in [2.05, 4.69) is 43.0 Å². The molecule has 136 valence electrons. The molecule has 0 aliphatic carbocycles. The zero-order valence-electron chi connectivity index (χ0n) is 15.3. The van der Waals surface area contributed by atoms with Crippen molar-refractivity contribution in [3.63, 3.8) is 0 Å². The van der Waals surface area contributed by atoms with Crippen molar-refractivity contribution in [2.24, 2.45) is 4.99 Å². The average Bonchev–Trinajstić information content (AvgIpc) is 2.52. The van der Waals surface area contributed by atoms with Crippen LogP contribution in [0.5, 0.6) is 0 Å². The predicted molar refractivity (Wildman–Crippen MR) is 109 cm³/mol. The van der Waals surface area contributed by atoms with Gasteiger partial charge in [-0.15, -0.1) is 24.0 Å². The second-order valence-electron chi connectivity index (χ2n) is 6.19. The summed E-state index contributed by atoms with van der Waals surface area (Å²) in [6.07, 6.45) is 6.37. The van der Waals surface area contributed by atoms with Crippen molar-refractivity contribution in [2.45, 2.75) is 65.3 Å². The highest BCUT2D eigenvalue weighted by Gasteiger charge is 2.22. The number of halogens is 1. The third-order valence-corrected chi connectivity index (χ3v) is 4.25. The van der Waals surface area contributed by atoms with Crippen LogP contribution in [-0.4, -0.2) is 60.9 Å². The van der Waals surface area contributed by atoms with E-state index in [1.165, 1.54) is 12.8 Å². The Morgan fingerprint density at radius 1 is 1.35 bits per heavy atom. The minimum absolute atomic E-state index is 0. The summed E-state index contributed by atoms with van der Waals surface area (Å²) in [5.41, 5.74) is 0. The smallest absolute Gasteiger partial charge is 0.224 e. The van der Waals surface area contributed by atoms with Crippen molar-refractivity contribution in [3.8, 4) is 0 Å². The van der Waals surface area contributed by atoms with Crippen molar-refractivity contribution in [1.82, 2.24) is 15.1 Å². The summed E-state index contributed by atoms with van der Waals surface area (Å²) in [4.78, 5) is 21.1. The molecule has 0 aromatic carbocycles. The summed E-state index contributed by atoms with van der Waals surface area (Å²) in [6.45, 7) is 9.76. The van der Waals surface area contributed by atoms with Gasteiger partial charge >= 0.3 is 0 Å². The number of nitrogens with one attached hydrogen (secondary N) is 1. The molecular formula is C17H35IN4O. The quantitative estimate of drug-likeness (QED) is 0.378. The second kappa shape index (κ2) is 12.8. The number of hydrogen-bond acceptors (Lipinski definition) is 2. The Kier molecular flexibility index (Phi) is 12.5. The van der Waals surface area contributed by atoms with Gasteiger partial charge in [0.2, 0.25) is 5.91 Å². The summed E-state index contributed by atoms with van der Waals surface area (Å²) < 4.78 is 0. The minimum Gasteiger partial charge on any atom is -0.357 e. The molecule has 0 radical (unpaired) electrons. The SMILES string of the molecule is CCCCN(C)C(=NCCC(=O)N1CCCCC1C)NCC.I. The molecule has 0 spiro atoms. The second-order valence-corrected chi connectivity index (χ2v) is 6.19. The molecule has 1 atom stereocenters. The first-order chi connectivity index (χ1) is 10.6. The number of amides is 1. The van der Waals surface area contributed by atoms with E-state index in [0.717, 1.165) is 44.9 Å². The van der Waals surface area contributed by atoms with Crippen molar-refractivity contribution in [2.75, 3.05) is 33.2 Å². The van der Waals surface area contributed by atoms with E-state index in [1.54, 1.807) is 0 Å². The molecule has 23 heavy (non-hydrogen) atoms. The molecule has 1 rings (SSSR count). The van der Waals surface area contributed by atoms with E-state index in [4.69, 9.17) is 0 Å². The molecule has 1 aliphatic rings. The topological polar surface area (TPSA) is 47.9 Å². The van der Waals surface area contributed by atoms with Crippen LogP contribution >= 0.6 is 24.0 Å². The van der Waals surface area contributed by atoms with Gasteiger partial charge in [-0.2, -0.15) is 0 Å². The highest BCUT2D eigenvalue weighted by atomic mass is 127. The van der Waals surface area contributed by atoms with E-state index < -0.39 is 0 Å². The first kappa shape index (κ1) is 22.5.